The minimum Gasteiger partial charge on any atom is -0.453 e. The van der Waals surface area contributed by atoms with Crippen molar-refractivity contribution in [2.24, 2.45) is 0 Å². The largest absolute Gasteiger partial charge is 0.573 e. The number of hydrogen-bond acceptors (Lipinski definition) is 6. The number of anilines is 2. The van der Waals surface area contributed by atoms with Gasteiger partial charge in [-0.05, 0) is 55.7 Å². The summed E-state index contributed by atoms with van der Waals surface area (Å²) in [6, 6.07) is 16.0. The van der Waals surface area contributed by atoms with Gasteiger partial charge < -0.3 is 19.5 Å². The second-order valence-corrected chi connectivity index (χ2v) is 10.9. The predicted molar refractivity (Wildman–Crippen MR) is 131 cm³/mol. The molecule has 1 fully saturated rings. The lowest BCUT2D eigenvalue weighted by molar-refractivity contribution is -0.274. The molecular weight excluding hydrogens is 533 g/mol. The van der Waals surface area contributed by atoms with Gasteiger partial charge in [0.05, 0.1) is 34.6 Å². The molecule has 0 bridgehead atoms. The summed E-state index contributed by atoms with van der Waals surface area (Å²) >= 11 is 6.01. The number of aliphatic hydroxyl groups excluding tert-OH is 1. The lowest BCUT2D eigenvalue weighted by Gasteiger charge is -2.44. The summed E-state index contributed by atoms with van der Waals surface area (Å²) in [6.07, 6.45) is -4.50. The molecule has 2 unspecified atom stereocenters. The first-order chi connectivity index (χ1) is 17.5. The normalized spacial score (nSPS) is 21.5. The number of rotatable bonds is 5. The van der Waals surface area contributed by atoms with Crippen LogP contribution in [0.5, 0.6) is 17.2 Å². The van der Waals surface area contributed by atoms with Crippen LogP contribution in [-0.2, 0) is 10.0 Å². The highest BCUT2D eigenvalue weighted by Crippen LogP contribution is 2.49. The fraction of sp³-hybridized carbons (Fsp3) is 0.280. The number of aliphatic hydroxyl groups is 1. The molecule has 3 atom stereocenters. The number of nitrogens with one attached hydrogen (secondary N) is 1. The van der Waals surface area contributed by atoms with Crippen molar-refractivity contribution < 1.29 is 36.2 Å². The minimum absolute atomic E-state index is 0.359. The topological polar surface area (TPSA) is 88.1 Å². The molecule has 0 aromatic heterocycles. The van der Waals surface area contributed by atoms with Gasteiger partial charge in [0.1, 0.15) is 10.6 Å². The van der Waals surface area contributed by atoms with Crippen LogP contribution in [0.3, 0.4) is 0 Å². The Morgan fingerprint density at radius 3 is 2.22 bits per heavy atom. The van der Waals surface area contributed by atoms with Crippen LogP contribution >= 0.6 is 11.6 Å². The number of ether oxygens (including phenoxy) is 2. The highest BCUT2D eigenvalue weighted by Gasteiger charge is 2.41. The van der Waals surface area contributed by atoms with Gasteiger partial charge in [0, 0.05) is 6.07 Å². The smallest absolute Gasteiger partial charge is 0.453 e. The number of para-hydroxylation sites is 4. The van der Waals surface area contributed by atoms with Gasteiger partial charge in [-0.2, -0.15) is 0 Å². The molecule has 0 radical (unpaired) electrons. The van der Waals surface area contributed by atoms with Crippen LogP contribution in [0.2, 0.25) is 5.02 Å². The Bertz CT molecular complexity index is 1370. The van der Waals surface area contributed by atoms with Gasteiger partial charge >= 0.3 is 6.36 Å². The lowest BCUT2D eigenvalue weighted by atomic mass is 9.86. The van der Waals surface area contributed by atoms with E-state index in [1.165, 1.54) is 0 Å². The maximum atomic E-state index is 13.1. The SMILES string of the molecule is O=S(=O)(NC1CCCC(N2c3ccccc3Oc3ccccc32)[C@H]1O)c1ccc(OC(F)(F)F)cc1Cl. The number of hydrogen-bond donors (Lipinski definition) is 2. The Hall–Kier alpha value is -2.99. The van der Waals surface area contributed by atoms with Crippen LogP contribution in [0, 0.1) is 0 Å². The molecule has 3 aromatic rings. The van der Waals surface area contributed by atoms with E-state index in [1.54, 1.807) is 0 Å². The van der Waals surface area contributed by atoms with Gasteiger partial charge in [-0.3, -0.25) is 0 Å². The van der Waals surface area contributed by atoms with E-state index in [4.69, 9.17) is 16.3 Å². The Morgan fingerprint density at radius 1 is 1.00 bits per heavy atom. The van der Waals surface area contributed by atoms with Crippen LogP contribution in [0.25, 0.3) is 0 Å². The monoisotopic (exact) mass is 554 g/mol. The summed E-state index contributed by atoms with van der Waals surface area (Å²) in [5.74, 6) is 0.590. The molecule has 2 N–H and O–H groups in total. The number of benzene rings is 3. The molecular formula is C25H22ClF3N2O5S. The maximum absolute atomic E-state index is 13.1. The molecule has 1 aliphatic heterocycles. The lowest BCUT2D eigenvalue weighted by Crippen LogP contribution is -2.56. The van der Waals surface area contributed by atoms with Crippen LogP contribution in [0.4, 0.5) is 24.5 Å². The van der Waals surface area contributed by atoms with Crippen LogP contribution < -0.4 is 19.1 Å². The van der Waals surface area contributed by atoms with Gasteiger partial charge in [-0.1, -0.05) is 35.9 Å². The van der Waals surface area contributed by atoms with E-state index in [9.17, 15) is 26.7 Å². The molecule has 12 heteroatoms. The van der Waals surface area contributed by atoms with Gasteiger partial charge in [0.15, 0.2) is 11.5 Å². The molecule has 0 spiro atoms. The van der Waals surface area contributed by atoms with E-state index in [0.29, 0.717) is 30.8 Å². The third-order valence-corrected chi connectivity index (χ3v) is 8.33. The van der Waals surface area contributed by atoms with Crippen molar-refractivity contribution in [1.82, 2.24) is 4.72 Å². The van der Waals surface area contributed by atoms with Crippen molar-refractivity contribution in [2.75, 3.05) is 4.90 Å². The van der Waals surface area contributed by atoms with E-state index in [0.717, 1.165) is 29.6 Å². The summed E-state index contributed by atoms with van der Waals surface area (Å²) in [7, 11) is -4.28. The molecule has 5 rings (SSSR count). The van der Waals surface area contributed by atoms with E-state index in [1.807, 2.05) is 53.4 Å². The maximum Gasteiger partial charge on any atom is 0.573 e. The standard InChI is InChI=1S/C25H22ClF3N2O5S/c26-16-14-15(36-25(27,28)29)12-13-23(16)37(33,34)30-17-6-5-9-20(24(17)32)31-18-7-1-3-10-21(18)35-22-11-4-2-8-19(22)31/h1-4,7-8,10-14,17,20,24,30,32H,5-6,9H2/t17?,20?,24-/m0/s1. The van der Waals surface area contributed by atoms with Crippen molar-refractivity contribution in [3.63, 3.8) is 0 Å². The van der Waals surface area contributed by atoms with E-state index in [-0.39, 0.29) is 0 Å². The van der Waals surface area contributed by atoms with E-state index >= 15 is 0 Å². The first-order valence-corrected chi connectivity index (χ1v) is 13.3. The average Bonchev–Trinajstić information content (AvgIpc) is 2.83. The third-order valence-electron chi connectivity index (χ3n) is 6.36. The first kappa shape index (κ1) is 25.7. The molecule has 196 valence electrons. The second-order valence-electron chi connectivity index (χ2n) is 8.76. The average molecular weight is 555 g/mol. The zero-order valence-electron chi connectivity index (χ0n) is 19.2. The van der Waals surface area contributed by atoms with Crippen LogP contribution in [-0.4, -0.2) is 38.1 Å². The Morgan fingerprint density at radius 2 is 1.62 bits per heavy atom. The van der Waals surface area contributed by atoms with Crippen molar-refractivity contribution in [1.29, 1.82) is 0 Å². The number of sulfonamides is 1. The van der Waals surface area contributed by atoms with Crippen molar-refractivity contribution in [2.45, 2.75) is 48.7 Å². The highest BCUT2D eigenvalue weighted by atomic mass is 35.5. The molecule has 1 saturated carbocycles. The number of nitrogens with zero attached hydrogens (tertiary/aromatic N) is 1. The van der Waals surface area contributed by atoms with Crippen LogP contribution in [0.1, 0.15) is 19.3 Å². The molecule has 1 heterocycles. The quantitative estimate of drug-likeness (QED) is 0.418. The number of fused-ring (bicyclic) bond motifs is 2. The molecule has 37 heavy (non-hydrogen) atoms. The number of alkyl halides is 3. The summed E-state index contributed by atoms with van der Waals surface area (Å²) < 4.78 is 76.1. The molecule has 0 amide bonds. The van der Waals surface area contributed by atoms with Crippen molar-refractivity contribution in [3.05, 3.63) is 71.8 Å². The zero-order chi connectivity index (χ0) is 26.4. The number of halogens is 4. The van der Waals surface area contributed by atoms with Crippen molar-refractivity contribution >= 4 is 33.0 Å². The first-order valence-electron chi connectivity index (χ1n) is 11.4. The van der Waals surface area contributed by atoms with Gasteiger partial charge in [-0.15, -0.1) is 13.2 Å². The summed E-state index contributed by atoms with van der Waals surface area (Å²) in [5, 5.41) is 11.0. The molecule has 7 nitrogen and oxygen atoms in total. The molecule has 1 aliphatic carbocycles. The van der Waals surface area contributed by atoms with Crippen molar-refractivity contribution in [3.8, 4) is 17.2 Å². The fourth-order valence-electron chi connectivity index (χ4n) is 4.82. The second kappa shape index (κ2) is 9.71. The van der Waals surface area contributed by atoms with Gasteiger partial charge in [0.2, 0.25) is 10.0 Å². The Kier molecular flexibility index (Phi) is 6.73. The molecule has 3 aromatic carbocycles. The molecule has 2 aliphatic rings. The van der Waals surface area contributed by atoms with Gasteiger partial charge in [0.25, 0.3) is 0 Å². The fourth-order valence-corrected chi connectivity index (χ4v) is 6.64. The van der Waals surface area contributed by atoms with Gasteiger partial charge in [-0.25, -0.2) is 13.1 Å². The zero-order valence-corrected chi connectivity index (χ0v) is 20.7. The predicted octanol–water partition coefficient (Wildman–Crippen LogP) is 5.74. The highest BCUT2D eigenvalue weighted by molar-refractivity contribution is 7.89. The van der Waals surface area contributed by atoms with Crippen LogP contribution in [0.15, 0.2) is 71.6 Å². The summed E-state index contributed by atoms with van der Waals surface area (Å²) in [5.41, 5.74) is 1.49. The minimum atomic E-state index is -4.94. The molecule has 0 saturated heterocycles. The Balaban J connectivity index is 1.41. The third kappa shape index (κ3) is 5.22. The Labute approximate surface area is 216 Å². The summed E-state index contributed by atoms with van der Waals surface area (Å²) in [4.78, 5) is 1.55. The summed E-state index contributed by atoms with van der Waals surface area (Å²) in [6.45, 7) is 0. The van der Waals surface area contributed by atoms with E-state index < -0.39 is 50.2 Å². The van der Waals surface area contributed by atoms with E-state index in [2.05, 4.69) is 9.46 Å².